The van der Waals surface area contributed by atoms with Crippen LogP contribution in [-0.2, 0) is 9.53 Å². The number of morpholine rings is 1. The van der Waals surface area contributed by atoms with Crippen molar-refractivity contribution in [1.29, 1.82) is 0 Å². The highest BCUT2D eigenvalue weighted by Crippen LogP contribution is 2.22. The largest absolute Gasteiger partial charge is 0.378 e. The molecule has 0 aromatic carbocycles. The smallest absolute Gasteiger partial charge is 0.257 e. The van der Waals surface area contributed by atoms with Gasteiger partial charge in [-0.15, -0.1) is 0 Å². The van der Waals surface area contributed by atoms with Gasteiger partial charge in [0, 0.05) is 25.8 Å². The van der Waals surface area contributed by atoms with Gasteiger partial charge in [-0.2, -0.15) is 5.10 Å². The molecule has 2 amide bonds. The predicted molar refractivity (Wildman–Crippen MR) is 70.0 cm³/mol. The summed E-state index contributed by atoms with van der Waals surface area (Å²) < 4.78 is 5.26. The Morgan fingerprint density at radius 3 is 2.80 bits per heavy atom. The van der Waals surface area contributed by atoms with Crippen molar-refractivity contribution in [2.75, 3.05) is 32.8 Å². The minimum Gasteiger partial charge on any atom is -0.378 e. The standard InChI is InChI=1S/C13H18N4O3/c18-12(10-8-14-15-9-10)17-3-1-2-11(17)13(19)16-4-6-20-7-5-16/h8-9,11H,1-7H2,(H,14,15). The van der Waals surface area contributed by atoms with E-state index in [-0.39, 0.29) is 17.9 Å². The van der Waals surface area contributed by atoms with E-state index in [4.69, 9.17) is 4.74 Å². The van der Waals surface area contributed by atoms with Gasteiger partial charge in [0.1, 0.15) is 6.04 Å². The molecule has 2 fully saturated rings. The lowest BCUT2D eigenvalue weighted by molar-refractivity contribution is -0.139. The first-order chi connectivity index (χ1) is 9.77. The molecule has 1 N–H and O–H groups in total. The third-order valence-corrected chi connectivity index (χ3v) is 3.87. The summed E-state index contributed by atoms with van der Waals surface area (Å²) in [6.45, 7) is 3.01. The number of aromatic amines is 1. The van der Waals surface area contributed by atoms with Crippen LogP contribution in [0.4, 0.5) is 0 Å². The summed E-state index contributed by atoms with van der Waals surface area (Å²) in [6, 6.07) is -0.338. The fourth-order valence-electron chi connectivity index (χ4n) is 2.79. The molecule has 2 aliphatic rings. The number of amides is 2. The van der Waals surface area contributed by atoms with Gasteiger partial charge in [-0.3, -0.25) is 14.7 Å². The molecular formula is C13H18N4O3. The third-order valence-electron chi connectivity index (χ3n) is 3.87. The topological polar surface area (TPSA) is 78.5 Å². The van der Waals surface area contributed by atoms with Gasteiger partial charge in [-0.1, -0.05) is 0 Å². The van der Waals surface area contributed by atoms with Gasteiger partial charge in [0.05, 0.1) is 25.0 Å². The molecule has 7 heteroatoms. The lowest BCUT2D eigenvalue weighted by atomic mass is 10.1. The van der Waals surface area contributed by atoms with Crippen LogP contribution in [0.2, 0.25) is 0 Å². The van der Waals surface area contributed by atoms with Crippen LogP contribution in [0.25, 0.3) is 0 Å². The number of rotatable bonds is 2. The summed E-state index contributed by atoms with van der Waals surface area (Å²) >= 11 is 0. The summed E-state index contributed by atoms with van der Waals surface area (Å²) in [7, 11) is 0. The maximum absolute atomic E-state index is 12.5. The number of likely N-dealkylation sites (tertiary alicyclic amines) is 1. The second-order valence-electron chi connectivity index (χ2n) is 5.08. The molecule has 7 nitrogen and oxygen atoms in total. The van der Waals surface area contributed by atoms with Crippen LogP contribution in [0.5, 0.6) is 0 Å². The van der Waals surface area contributed by atoms with Crippen molar-refractivity contribution in [3.8, 4) is 0 Å². The summed E-state index contributed by atoms with van der Waals surface area (Å²) in [5.41, 5.74) is 0.506. The van der Waals surface area contributed by atoms with E-state index >= 15 is 0 Å². The average Bonchev–Trinajstić information content (AvgIpc) is 3.18. The lowest BCUT2D eigenvalue weighted by Gasteiger charge is -2.32. The Morgan fingerprint density at radius 2 is 2.10 bits per heavy atom. The van der Waals surface area contributed by atoms with Gasteiger partial charge in [-0.05, 0) is 12.8 Å². The van der Waals surface area contributed by atoms with Crippen molar-refractivity contribution in [2.24, 2.45) is 0 Å². The molecule has 108 valence electrons. The van der Waals surface area contributed by atoms with Gasteiger partial charge in [0.15, 0.2) is 0 Å². The molecular weight excluding hydrogens is 260 g/mol. The molecule has 0 spiro atoms. The molecule has 3 rings (SSSR count). The predicted octanol–water partition coefficient (Wildman–Crippen LogP) is -0.127. The van der Waals surface area contributed by atoms with Crippen LogP contribution in [0, 0.1) is 0 Å². The molecule has 1 aromatic rings. The second-order valence-corrected chi connectivity index (χ2v) is 5.08. The average molecular weight is 278 g/mol. The SMILES string of the molecule is O=C(C1CCCN1C(=O)c1cn[nH]c1)N1CCOCC1. The molecule has 1 atom stereocenters. The Kier molecular flexibility index (Phi) is 3.68. The van der Waals surface area contributed by atoms with E-state index in [2.05, 4.69) is 10.2 Å². The van der Waals surface area contributed by atoms with Crippen molar-refractivity contribution in [2.45, 2.75) is 18.9 Å². The highest BCUT2D eigenvalue weighted by molar-refractivity contribution is 5.97. The summed E-state index contributed by atoms with van der Waals surface area (Å²) in [5.74, 6) is -0.0782. The van der Waals surface area contributed by atoms with Crippen LogP contribution >= 0.6 is 0 Å². The van der Waals surface area contributed by atoms with Crippen LogP contribution in [0.15, 0.2) is 12.4 Å². The van der Waals surface area contributed by atoms with E-state index in [0.717, 1.165) is 12.8 Å². The molecule has 2 saturated heterocycles. The zero-order valence-corrected chi connectivity index (χ0v) is 11.2. The fourth-order valence-corrected chi connectivity index (χ4v) is 2.79. The van der Waals surface area contributed by atoms with E-state index in [1.165, 1.54) is 6.20 Å². The number of nitrogens with one attached hydrogen (secondary N) is 1. The number of hydrogen-bond acceptors (Lipinski definition) is 4. The van der Waals surface area contributed by atoms with E-state index in [1.807, 2.05) is 0 Å². The molecule has 2 aliphatic heterocycles. The zero-order valence-electron chi connectivity index (χ0n) is 11.2. The van der Waals surface area contributed by atoms with Crippen LogP contribution in [0.1, 0.15) is 23.2 Å². The highest BCUT2D eigenvalue weighted by atomic mass is 16.5. The number of hydrogen-bond donors (Lipinski definition) is 1. The van der Waals surface area contributed by atoms with Crippen molar-refractivity contribution in [3.63, 3.8) is 0 Å². The zero-order chi connectivity index (χ0) is 13.9. The van der Waals surface area contributed by atoms with Gasteiger partial charge < -0.3 is 14.5 Å². The summed E-state index contributed by atoms with van der Waals surface area (Å²) in [4.78, 5) is 28.4. The molecule has 0 aliphatic carbocycles. The van der Waals surface area contributed by atoms with Crippen LogP contribution in [-0.4, -0.2) is 70.7 Å². The maximum atomic E-state index is 12.5. The monoisotopic (exact) mass is 278 g/mol. The van der Waals surface area contributed by atoms with Crippen molar-refractivity contribution >= 4 is 11.8 Å². The Morgan fingerprint density at radius 1 is 1.30 bits per heavy atom. The Hall–Kier alpha value is -1.89. The summed E-state index contributed by atoms with van der Waals surface area (Å²) in [5, 5.41) is 6.42. The van der Waals surface area contributed by atoms with Gasteiger partial charge in [0.25, 0.3) is 5.91 Å². The first kappa shape index (κ1) is 13.1. The minimum atomic E-state index is -0.338. The molecule has 0 saturated carbocycles. The number of ether oxygens (including phenoxy) is 1. The number of nitrogens with zero attached hydrogens (tertiary/aromatic N) is 3. The highest BCUT2D eigenvalue weighted by Gasteiger charge is 2.37. The van der Waals surface area contributed by atoms with Gasteiger partial charge in [0.2, 0.25) is 5.91 Å². The Bertz CT molecular complexity index is 482. The Balaban J connectivity index is 1.71. The molecule has 1 aromatic heterocycles. The van der Waals surface area contributed by atoms with Crippen LogP contribution < -0.4 is 0 Å². The third kappa shape index (κ3) is 2.40. The molecule has 20 heavy (non-hydrogen) atoms. The fraction of sp³-hybridized carbons (Fsp3) is 0.615. The quantitative estimate of drug-likeness (QED) is 0.817. The minimum absolute atomic E-state index is 0.0441. The maximum Gasteiger partial charge on any atom is 0.257 e. The number of carbonyl (C=O) groups is 2. The summed E-state index contributed by atoms with van der Waals surface area (Å²) in [6.07, 6.45) is 4.66. The van der Waals surface area contributed by atoms with Crippen molar-refractivity contribution in [1.82, 2.24) is 20.0 Å². The van der Waals surface area contributed by atoms with E-state index in [0.29, 0.717) is 38.4 Å². The molecule has 1 unspecified atom stereocenters. The normalized spacial score (nSPS) is 23.1. The first-order valence-electron chi connectivity index (χ1n) is 6.93. The van der Waals surface area contributed by atoms with Crippen molar-refractivity contribution in [3.05, 3.63) is 18.0 Å². The first-order valence-corrected chi connectivity index (χ1v) is 6.93. The van der Waals surface area contributed by atoms with E-state index in [9.17, 15) is 9.59 Å². The number of aromatic nitrogens is 2. The molecule has 3 heterocycles. The van der Waals surface area contributed by atoms with Crippen molar-refractivity contribution < 1.29 is 14.3 Å². The number of H-pyrrole nitrogens is 1. The van der Waals surface area contributed by atoms with Crippen LogP contribution in [0.3, 0.4) is 0 Å². The molecule has 0 radical (unpaired) electrons. The molecule has 0 bridgehead atoms. The number of carbonyl (C=O) groups excluding carboxylic acids is 2. The Labute approximate surface area is 116 Å². The van der Waals surface area contributed by atoms with Gasteiger partial charge >= 0.3 is 0 Å². The van der Waals surface area contributed by atoms with E-state index in [1.54, 1.807) is 16.0 Å². The lowest BCUT2D eigenvalue weighted by Crippen LogP contribution is -2.51. The second kappa shape index (κ2) is 5.62. The van der Waals surface area contributed by atoms with E-state index < -0.39 is 0 Å². The van der Waals surface area contributed by atoms with Gasteiger partial charge in [-0.25, -0.2) is 0 Å².